The Hall–Kier alpha value is -3.38. The molecule has 1 amide bonds. The van der Waals surface area contributed by atoms with Gasteiger partial charge in [0.2, 0.25) is 0 Å². The number of carbonyl (C=O) groups excluding carboxylic acids is 1. The first-order valence-electron chi connectivity index (χ1n) is 10.0. The smallest absolute Gasteiger partial charge is 0.272 e. The van der Waals surface area contributed by atoms with Crippen LogP contribution in [0.15, 0.2) is 82.5 Å². The molecule has 0 fully saturated rings. The monoisotopic (exact) mass is 429 g/mol. The maximum Gasteiger partial charge on any atom is 0.272 e. The third-order valence-electron chi connectivity index (χ3n) is 5.17. The molecule has 0 radical (unpaired) electrons. The SMILES string of the molecule is CSc1ccc(CNC(=O)c2ccc3c(c2)nc(C)c(=O)n3Cc2ccccc2)cc1. The van der Waals surface area contributed by atoms with Crippen LogP contribution in [0.2, 0.25) is 0 Å². The maximum atomic E-state index is 12.7. The van der Waals surface area contributed by atoms with Gasteiger partial charge in [-0.25, -0.2) is 4.98 Å². The summed E-state index contributed by atoms with van der Waals surface area (Å²) < 4.78 is 1.71. The molecule has 0 unspecified atom stereocenters. The van der Waals surface area contributed by atoms with Gasteiger partial charge in [-0.3, -0.25) is 9.59 Å². The van der Waals surface area contributed by atoms with Crippen LogP contribution >= 0.6 is 11.8 Å². The van der Waals surface area contributed by atoms with E-state index >= 15 is 0 Å². The van der Waals surface area contributed by atoms with Crippen LogP contribution in [0, 0.1) is 6.92 Å². The van der Waals surface area contributed by atoms with Gasteiger partial charge < -0.3 is 9.88 Å². The fourth-order valence-corrected chi connectivity index (χ4v) is 3.87. The molecule has 6 heteroatoms. The lowest BCUT2D eigenvalue weighted by Gasteiger charge is -2.12. The van der Waals surface area contributed by atoms with Crippen molar-refractivity contribution in [3.05, 3.63) is 106 Å². The van der Waals surface area contributed by atoms with Crippen molar-refractivity contribution in [3.63, 3.8) is 0 Å². The molecule has 0 aliphatic carbocycles. The average molecular weight is 430 g/mol. The van der Waals surface area contributed by atoms with Crippen molar-refractivity contribution >= 4 is 28.7 Å². The van der Waals surface area contributed by atoms with Gasteiger partial charge >= 0.3 is 0 Å². The summed E-state index contributed by atoms with van der Waals surface area (Å²) in [4.78, 5) is 31.1. The number of benzene rings is 3. The Labute approximate surface area is 185 Å². The molecule has 0 bridgehead atoms. The standard InChI is InChI=1S/C25H23N3O2S/c1-17-25(30)28(16-19-6-4-3-5-7-19)23-13-10-20(14-22(23)27-17)24(29)26-15-18-8-11-21(31-2)12-9-18/h3-14H,15-16H2,1-2H3,(H,26,29). The van der Waals surface area contributed by atoms with Gasteiger partial charge in [0.15, 0.2) is 0 Å². The highest BCUT2D eigenvalue weighted by Crippen LogP contribution is 2.17. The summed E-state index contributed by atoms with van der Waals surface area (Å²) in [6, 6.07) is 23.2. The summed E-state index contributed by atoms with van der Waals surface area (Å²) >= 11 is 1.68. The number of hydrogen-bond donors (Lipinski definition) is 1. The minimum absolute atomic E-state index is 0.123. The molecule has 0 spiro atoms. The second-order valence-corrected chi connectivity index (χ2v) is 8.19. The van der Waals surface area contributed by atoms with E-state index in [2.05, 4.69) is 10.3 Å². The van der Waals surface area contributed by atoms with Crippen LogP contribution in [0.1, 0.15) is 27.2 Å². The number of amides is 1. The van der Waals surface area contributed by atoms with E-state index in [9.17, 15) is 9.59 Å². The Morgan fingerprint density at radius 1 is 1.00 bits per heavy atom. The number of aromatic nitrogens is 2. The molecule has 4 rings (SSSR count). The molecule has 0 atom stereocenters. The van der Waals surface area contributed by atoms with Crippen molar-refractivity contribution in [1.82, 2.24) is 14.9 Å². The number of aryl methyl sites for hydroxylation is 1. The highest BCUT2D eigenvalue weighted by molar-refractivity contribution is 7.98. The molecule has 4 aromatic rings. The number of fused-ring (bicyclic) bond motifs is 1. The van der Waals surface area contributed by atoms with Gasteiger partial charge in [0, 0.05) is 17.0 Å². The van der Waals surface area contributed by atoms with Crippen LogP contribution in [0.5, 0.6) is 0 Å². The van der Waals surface area contributed by atoms with Crippen LogP contribution < -0.4 is 10.9 Å². The molecule has 1 aromatic heterocycles. The van der Waals surface area contributed by atoms with Gasteiger partial charge in [-0.1, -0.05) is 42.5 Å². The molecular weight excluding hydrogens is 406 g/mol. The van der Waals surface area contributed by atoms with Gasteiger partial charge in [-0.15, -0.1) is 11.8 Å². The van der Waals surface area contributed by atoms with E-state index in [-0.39, 0.29) is 11.5 Å². The average Bonchev–Trinajstić information content (AvgIpc) is 2.81. The molecular formula is C25H23N3O2S. The van der Waals surface area contributed by atoms with Crippen molar-refractivity contribution < 1.29 is 4.79 Å². The molecule has 1 heterocycles. The molecule has 0 saturated carbocycles. The van der Waals surface area contributed by atoms with Crippen LogP contribution in [0.3, 0.4) is 0 Å². The van der Waals surface area contributed by atoms with E-state index in [1.807, 2.05) is 60.9 Å². The largest absolute Gasteiger partial charge is 0.348 e. The Morgan fingerprint density at radius 3 is 2.45 bits per heavy atom. The molecule has 3 aromatic carbocycles. The van der Waals surface area contributed by atoms with Crippen LogP contribution in [-0.2, 0) is 13.1 Å². The first kappa shape index (κ1) is 20.9. The zero-order valence-electron chi connectivity index (χ0n) is 17.5. The van der Waals surface area contributed by atoms with E-state index in [1.165, 1.54) is 4.90 Å². The van der Waals surface area contributed by atoms with E-state index < -0.39 is 0 Å². The lowest BCUT2D eigenvalue weighted by molar-refractivity contribution is 0.0951. The van der Waals surface area contributed by atoms with E-state index in [0.717, 1.165) is 11.1 Å². The lowest BCUT2D eigenvalue weighted by Crippen LogP contribution is -2.25. The second-order valence-electron chi connectivity index (χ2n) is 7.31. The Morgan fingerprint density at radius 2 is 1.74 bits per heavy atom. The van der Waals surface area contributed by atoms with Crippen molar-refractivity contribution in [2.24, 2.45) is 0 Å². The highest BCUT2D eigenvalue weighted by atomic mass is 32.2. The Balaban J connectivity index is 1.59. The molecule has 31 heavy (non-hydrogen) atoms. The van der Waals surface area contributed by atoms with Gasteiger partial charge in [-0.2, -0.15) is 0 Å². The third kappa shape index (κ3) is 4.70. The van der Waals surface area contributed by atoms with E-state index in [4.69, 9.17) is 0 Å². The zero-order valence-corrected chi connectivity index (χ0v) is 18.3. The van der Waals surface area contributed by atoms with Crippen LogP contribution in [0.4, 0.5) is 0 Å². The van der Waals surface area contributed by atoms with Crippen LogP contribution in [-0.4, -0.2) is 21.7 Å². The quantitative estimate of drug-likeness (QED) is 0.461. The maximum absolute atomic E-state index is 12.7. The van der Waals surface area contributed by atoms with Crippen LogP contribution in [0.25, 0.3) is 11.0 Å². The number of nitrogens with zero attached hydrogens (tertiary/aromatic N) is 2. The minimum atomic E-state index is -0.170. The fourth-order valence-electron chi connectivity index (χ4n) is 3.47. The number of thioether (sulfide) groups is 1. The number of carbonyl (C=O) groups is 1. The molecule has 0 saturated heterocycles. The van der Waals surface area contributed by atoms with Crippen molar-refractivity contribution in [1.29, 1.82) is 0 Å². The normalized spacial score (nSPS) is 10.9. The predicted octanol–water partition coefficient (Wildman–Crippen LogP) is 4.41. The minimum Gasteiger partial charge on any atom is -0.348 e. The Bertz CT molecular complexity index is 1280. The van der Waals surface area contributed by atoms with Gasteiger partial charge in [0.25, 0.3) is 11.5 Å². The fraction of sp³-hybridized carbons (Fsp3) is 0.160. The first-order chi connectivity index (χ1) is 15.0. The number of hydrogen-bond acceptors (Lipinski definition) is 4. The topological polar surface area (TPSA) is 64.0 Å². The van der Waals surface area contributed by atoms with Gasteiger partial charge in [-0.05, 0) is 54.6 Å². The summed E-state index contributed by atoms with van der Waals surface area (Å²) in [6.45, 7) is 2.61. The van der Waals surface area contributed by atoms with E-state index in [1.54, 1.807) is 41.5 Å². The molecule has 0 aliphatic heterocycles. The predicted molar refractivity (Wildman–Crippen MR) is 126 cm³/mol. The third-order valence-corrected chi connectivity index (χ3v) is 5.91. The van der Waals surface area contributed by atoms with E-state index in [0.29, 0.717) is 35.4 Å². The summed E-state index contributed by atoms with van der Waals surface area (Å²) in [5.74, 6) is -0.170. The summed E-state index contributed by atoms with van der Waals surface area (Å²) in [5, 5.41) is 2.96. The second kappa shape index (κ2) is 9.18. The molecule has 5 nitrogen and oxygen atoms in total. The summed E-state index contributed by atoms with van der Waals surface area (Å²) in [5.41, 5.74) is 4.22. The van der Waals surface area contributed by atoms with Crippen molar-refractivity contribution in [3.8, 4) is 0 Å². The van der Waals surface area contributed by atoms with Crippen molar-refractivity contribution in [2.45, 2.75) is 24.9 Å². The summed E-state index contributed by atoms with van der Waals surface area (Å²) in [6.07, 6.45) is 2.03. The Kier molecular flexibility index (Phi) is 6.18. The zero-order chi connectivity index (χ0) is 21.8. The van der Waals surface area contributed by atoms with Crippen molar-refractivity contribution in [2.75, 3.05) is 6.26 Å². The van der Waals surface area contributed by atoms with Gasteiger partial charge in [0.05, 0.1) is 17.6 Å². The summed E-state index contributed by atoms with van der Waals surface area (Å²) in [7, 11) is 0. The van der Waals surface area contributed by atoms with Gasteiger partial charge in [0.1, 0.15) is 5.69 Å². The molecule has 156 valence electrons. The first-order valence-corrected chi connectivity index (χ1v) is 11.2. The molecule has 1 N–H and O–H groups in total. The highest BCUT2D eigenvalue weighted by Gasteiger charge is 2.12. The number of nitrogens with one attached hydrogen (secondary N) is 1. The number of rotatable bonds is 6. The molecule has 0 aliphatic rings. The lowest BCUT2D eigenvalue weighted by atomic mass is 10.1.